The minimum Gasteiger partial charge on any atom is -0.325 e. The van der Waals surface area contributed by atoms with Gasteiger partial charge in [-0.1, -0.05) is 19.1 Å². The van der Waals surface area contributed by atoms with Gasteiger partial charge in [-0.3, -0.25) is 4.79 Å². The molecule has 0 unspecified atom stereocenters. The van der Waals surface area contributed by atoms with Crippen LogP contribution in [0.1, 0.15) is 18.9 Å². The van der Waals surface area contributed by atoms with E-state index in [0.717, 1.165) is 4.90 Å². The smallest absolute Gasteiger partial charge is 0.240 e. The SMILES string of the molecule is C[C@@H]1CC(=O)Nc2cc(S(=O)(=O)NCc3ccc(F)cc3)ccc2S1. The van der Waals surface area contributed by atoms with Gasteiger partial charge in [-0.25, -0.2) is 17.5 Å². The van der Waals surface area contributed by atoms with Crippen molar-refractivity contribution < 1.29 is 17.6 Å². The monoisotopic (exact) mass is 380 g/mol. The number of amides is 1. The molecule has 0 aromatic heterocycles. The van der Waals surface area contributed by atoms with Crippen molar-refractivity contribution in [1.82, 2.24) is 4.72 Å². The summed E-state index contributed by atoms with van der Waals surface area (Å²) in [6.45, 7) is 2.01. The number of sulfonamides is 1. The second kappa shape index (κ2) is 7.15. The fourth-order valence-electron chi connectivity index (χ4n) is 2.46. The van der Waals surface area contributed by atoms with Gasteiger partial charge in [0.1, 0.15) is 5.82 Å². The van der Waals surface area contributed by atoms with Crippen molar-refractivity contribution in [2.45, 2.75) is 34.9 Å². The van der Waals surface area contributed by atoms with Crippen LogP contribution in [0.25, 0.3) is 0 Å². The number of hydrogen-bond acceptors (Lipinski definition) is 4. The lowest BCUT2D eigenvalue weighted by Crippen LogP contribution is -2.23. The van der Waals surface area contributed by atoms with Gasteiger partial charge in [0, 0.05) is 23.1 Å². The van der Waals surface area contributed by atoms with E-state index in [1.807, 2.05) is 6.92 Å². The maximum atomic E-state index is 12.9. The number of fused-ring (bicyclic) bond motifs is 1. The van der Waals surface area contributed by atoms with Crippen molar-refractivity contribution >= 4 is 33.4 Å². The van der Waals surface area contributed by atoms with Crippen LogP contribution in [0.5, 0.6) is 0 Å². The molecular weight excluding hydrogens is 363 g/mol. The lowest BCUT2D eigenvalue weighted by Gasteiger charge is -2.11. The summed E-state index contributed by atoms with van der Waals surface area (Å²) in [6, 6.07) is 10.3. The standard InChI is InChI=1S/C17H17FN2O3S2/c1-11-8-17(21)20-15-9-14(6-7-16(15)24-11)25(22,23)19-10-12-2-4-13(18)5-3-12/h2-7,9,11,19H,8,10H2,1H3,(H,20,21)/t11-/m1/s1. The molecule has 0 aliphatic carbocycles. The van der Waals surface area contributed by atoms with Crippen molar-refractivity contribution in [3.8, 4) is 0 Å². The van der Waals surface area contributed by atoms with E-state index in [1.165, 1.54) is 48.2 Å². The molecule has 8 heteroatoms. The number of anilines is 1. The van der Waals surface area contributed by atoms with Gasteiger partial charge in [-0.2, -0.15) is 0 Å². The van der Waals surface area contributed by atoms with Crippen molar-refractivity contribution in [3.63, 3.8) is 0 Å². The Morgan fingerprint density at radius 2 is 1.96 bits per heavy atom. The van der Waals surface area contributed by atoms with E-state index in [-0.39, 0.29) is 28.4 Å². The van der Waals surface area contributed by atoms with Gasteiger partial charge in [-0.05, 0) is 35.9 Å². The first-order valence-electron chi connectivity index (χ1n) is 7.68. The number of carbonyl (C=O) groups is 1. The van der Waals surface area contributed by atoms with Crippen LogP contribution in [0, 0.1) is 5.82 Å². The zero-order valence-electron chi connectivity index (χ0n) is 13.5. The molecule has 2 aromatic rings. The number of thioether (sulfide) groups is 1. The highest BCUT2D eigenvalue weighted by molar-refractivity contribution is 8.00. The molecule has 0 fully saturated rings. The third kappa shape index (κ3) is 4.39. The lowest BCUT2D eigenvalue weighted by atomic mass is 10.2. The van der Waals surface area contributed by atoms with Crippen molar-refractivity contribution in [2.75, 3.05) is 5.32 Å². The molecule has 1 atom stereocenters. The van der Waals surface area contributed by atoms with Crippen LogP contribution in [0.15, 0.2) is 52.3 Å². The van der Waals surface area contributed by atoms with Gasteiger partial charge in [-0.15, -0.1) is 11.8 Å². The van der Waals surface area contributed by atoms with Crippen molar-refractivity contribution in [2.24, 2.45) is 0 Å². The molecule has 3 rings (SSSR count). The van der Waals surface area contributed by atoms with Crippen LogP contribution in [0.3, 0.4) is 0 Å². The highest BCUT2D eigenvalue weighted by Crippen LogP contribution is 2.36. The Morgan fingerprint density at radius 3 is 2.68 bits per heavy atom. The lowest BCUT2D eigenvalue weighted by molar-refractivity contribution is -0.116. The van der Waals surface area contributed by atoms with Gasteiger partial charge in [0.05, 0.1) is 10.6 Å². The molecule has 25 heavy (non-hydrogen) atoms. The zero-order chi connectivity index (χ0) is 18.0. The first-order chi connectivity index (χ1) is 11.8. The topological polar surface area (TPSA) is 75.3 Å². The summed E-state index contributed by atoms with van der Waals surface area (Å²) >= 11 is 1.53. The molecule has 2 aromatic carbocycles. The molecule has 1 heterocycles. The number of benzene rings is 2. The first-order valence-corrected chi connectivity index (χ1v) is 10.0. The molecule has 132 valence electrons. The summed E-state index contributed by atoms with van der Waals surface area (Å²) in [5, 5.41) is 2.88. The Balaban J connectivity index is 1.80. The van der Waals surface area contributed by atoms with Gasteiger partial charge in [0.15, 0.2) is 0 Å². The molecule has 0 radical (unpaired) electrons. The molecule has 0 bridgehead atoms. The number of rotatable bonds is 4. The Labute approximate surface area is 150 Å². The second-order valence-corrected chi connectivity index (χ2v) is 9.04. The molecule has 2 N–H and O–H groups in total. The van der Waals surface area contributed by atoms with Gasteiger partial charge in [0.25, 0.3) is 0 Å². The summed E-state index contributed by atoms with van der Waals surface area (Å²) in [5.41, 5.74) is 1.15. The molecule has 0 saturated carbocycles. The summed E-state index contributed by atoms with van der Waals surface area (Å²) in [6.07, 6.45) is 0.379. The van der Waals surface area contributed by atoms with Crippen LogP contribution in [-0.4, -0.2) is 19.6 Å². The third-order valence-corrected chi connectivity index (χ3v) is 6.29. The Morgan fingerprint density at radius 1 is 1.24 bits per heavy atom. The fourth-order valence-corrected chi connectivity index (χ4v) is 4.56. The molecule has 0 spiro atoms. The average Bonchev–Trinajstić information content (AvgIpc) is 2.69. The summed E-state index contributed by atoms with van der Waals surface area (Å²) in [5.74, 6) is -0.507. The Hall–Kier alpha value is -1.90. The van der Waals surface area contributed by atoms with Gasteiger partial charge >= 0.3 is 0 Å². The minimum atomic E-state index is -3.75. The largest absolute Gasteiger partial charge is 0.325 e. The number of halogens is 1. The summed E-state index contributed by atoms with van der Waals surface area (Å²) in [4.78, 5) is 12.8. The van der Waals surface area contributed by atoms with Crippen LogP contribution in [-0.2, 0) is 21.4 Å². The van der Waals surface area contributed by atoms with E-state index < -0.39 is 10.0 Å². The van der Waals surface area contributed by atoms with Crippen LogP contribution >= 0.6 is 11.8 Å². The summed E-state index contributed by atoms with van der Waals surface area (Å²) < 4.78 is 40.4. The van der Waals surface area contributed by atoms with Crippen molar-refractivity contribution in [1.29, 1.82) is 0 Å². The van der Waals surface area contributed by atoms with Crippen LogP contribution in [0.4, 0.5) is 10.1 Å². The van der Waals surface area contributed by atoms with Crippen molar-refractivity contribution in [3.05, 3.63) is 53.8 Å². The van der Waals surface area contributed by atoms with E-state index in [2.05, 4.69) is 10.0 Å². The fraction of sp³-hybridized carbons (Fsp3) is 0.235. The minimum absolute atomic E-state index is 0.0534. The maximum absolute atomic E-state index is 12.9. The molecule has 1 amide bonds. The van der Waals surface area contributed by atoms with Crippen LogP contribution < -0.4 is 10.0 Å². The Bertz CT molecular complexity index is 899. The summed E-state index contributed by atoms with van der Waals surface area (Å²) in [7, 11) is -3.75. The molecule has 1 aliphatic heterocycles. The van der Waals surface area contributed by atoms with E-state index in [4.69, 9.17) is 0 Å². The van der Waals surface area contributed by atoms with E-state index in [0.29, 0.717) is 17.7 Å². The maximum Gasteiger partial charge on any atom is 0.240 e. The highest BCUT2D eigenvalue weighted by Gasteiger charge is 2.22. The van der Waals surface area contributed by atoms with E-state index in [9.17, 15) is 17.6 Å². The zero-order valence-corrected chi connectivity index (χ0v) is 15.1. The molecular formula is C17H17FN2O3S2. The molecule has 5 nitrogen and oxygen atoms in total. The quantitative estimate of drug-likeness (QED) is 0.855. The average molecular weight is 380 g/mol. The number of hydrogen-bond donors (Lipinski definition) is 2. The number of nitrogens with one attached hydrogen (secondary N) is 2. The first kappa shape index (κ1) is 17.9. The predicted octanol–water partition coefficient (Wildman–Crippen LogP) is 3.13. The van der Waals surface area contributed by atoms with Gasteiger partial charge < -0.3 is 5.32 Å². The second-order valence-electron chi connectivity index (χ2n) is 5.79. The van der Waals surface area contributed by atoms with Crippen LogP contribution in [0.2, 0.25) is 0 Å². The normalized spacial score (nSPS) is 17.5. The molecule has 0 saturated heterocycles. The Kier molecular flexibility index (Phi) is 5.12. The highest BCUT2D eigenvalue weighted by atomic mass is 32.2. The van der Waals surface area contributed by atoms with E-state index >= 15 is 0 Å². The predicted molar refractivity (Wildman–Crippen MR) is 95.4 cm³/mol. The third-order valence-electron chi connectivity index (χ3n) is 3.72. The van der Waals surface area contributed by atoms with E-state index in [1.54, 1.807) is 6.07 Å². The number of carbonyl (C=O) groups excluding carboxylic acids is 1. The van der Waals surface area contributed by atoms with Gasteiger partial charge in [0.2, 0.25) is 15.9 Å². The molecule has 1 aliphatic rings.